The molecule has 1 aromatic carbocycles. The van der Waals surface area contributed by atoms with Crippen LogP contribution in [0.3, 0.4) is 0 Å². The number of nitrogens with zero attached hydrogens (tertiary/aromatic N) is 1. The molecule has 19 heavy (non-hydrogen) atoms. The van der Waals surface area contributed by atoms with Crippen LogP contribution in [0.4, 0.5) is 4.39 Å². The molecule has 0 radical (unpaired) electrons. The van der Waals surface area contributed by atoms with Gasteiger partial charge in [-0.3, -0.25) is 0 Å². The zero-order chi connectivity index (χ0) is 13.3. The van der Waals surface area contributed by atoms with E-state index in [0.29, 0.717) is 13.1 Å². The minimum atomic E-state index is -3.62. The summed E-state index contributed by atoms with van der Waals surface area (Å²) in [6.07, 6.45) is 0.755. The van der Waals surface area contributed by atoms with Gasteiger partial charge in [-0.05, 0) is 44.0 Å². The molecule has 1 fully saturated rings. The monoisotopic (exact) mass is 308 g/mol. The van der Waals surface area contributed by atoms with E-state index in [1.54, 1.807) is 0 Å². The second-order valence-electron chi connectivity index (χ2n) is 4.72. The molecule has 108 valence electrons. The van der Waals surface area contributed by atoms with Crippen molar-refractivity contribution in [3.63, 3.8) is 0 Å². The fraction of sp³-hybridized carbons (Fsp3) is 0.500. The average Bonchev–Trinajstić information content (AvgIpc) is 2.71. The number of sulfonamides is 1. The maximum atomic E-state index is 13.1. The van der Waals surface area contributed by atoms with Crippen LogP contribution in [0.15, 0.2) is 29.2 Å². The minimum Gasteiger partial charge on any atom is -0.330 e. The van der Waals surface area contributed by atoms with E-state index >= 15 is 0 Å². The minimum absolute atomic E-state index is 0. The Labute approximate surface area is 119 Å². The molecule has 0 bridgehead atoms. The van der Waals surface area contributed by atoms with E-state index in [1.807, 2.05) is 6.92 Å². The zero-order valence-electron chi connectivity index (χ0n) is 10.6. The maximum Gasteiger partial charge on any atom is 0.243 e. The van der Waals surface area contributed by atoms with Crippen LogP contribution in [0.1, 0.15) is 13.3 Å². The lowest BCUT2D eigenvalue weighted by atomic mass is 10.1. The molecule has 2 unspecified atom stereocenters. The van der Waals surface area contributed by atoms with Crippen LogP contribution in [-0.2, 0) is 10.0 Å². The summed E-state index contributed by atoms with van der Waals surface area (Å²) in [6, 6.07) is 5.02. The summed E-state index contributed by atoms with van der Waals surface area (Å²) in [6.45, 7) is 2.74. The van der Waals surface area contributed by atoms with Crippen LogP contribution in [0.5, 0.6) is 0 Å². The van der Waals surface area contributed by atoms with Gasteiger partial charge in [0.15, 0.2) is 0 Å². The highest BCUT2D eigenvalue weighted by Crippen LogP contribution is 2.28. The number of rotatable bonds is 3. The van der Waals surface area contributed by atoms with Crippen molar-refractivity contribution in [2.75, 3.05) is 13.1 Å². The van der Waals surface area contributed by atoms with E-state index in [2.05, 4.69) is 0 Å². The molecular formula is C12H18ClFN2O2S. The Hall–Kier alpha value is -0.690. The van der Waals surface area contributed by atoms with E-state index in [-0.39, 0.29) is 29.3 Å². The lowest BCUT2D eigenvalue weighted by Crippen LogP contribution is -2.34. The van der Waals surface area contributed by atoms with Crippen molar-refractivity contribution >= 4 is 22.4 Å². The Morgan fingerprint density at radius 2 is 2.16 bits per heavy atom. The van der Waals surface area contributed by atoms with Crippen LogP contribution in [0.25, 0.3) is 0 Å². The number of benzene rings is 1. The van der Waals surface area contributed by atoms with Crippen molar-refractivity contribution in [2.24, 2.45) is 11.7 Å². The maximum absolute atomic E-state index is 13.1. The predicted octanol–water partition coefficient (Wildman–Crippen LogP) is 1.61. The molecule has 7 heteroatoms. The molecule has 1 heterocycles. The molecule has 2 N–H and O–H groups in total. The van der Waals surface area contributed by atoms with Crippen molar-refractivity contribution in [2.45, 2.75) is 24.3 Å². The van der Waals surface area contributed by atoms with Gasteiger partial charge in [-0.25, -0.2) is 12.8 Å². The fourth-order valence-corrected chi connectivity index (χ4v) is 4.13. The van der Waals surface area contributed by atoms with Gasteiger partial charge in [-0.15, -0.1) is 12.4 Å². The van der Waals surface area contributed by atoms with E-state index in [1.165, 1.54) is 22.5 Å². The number of hydrogen-bond donors (Lipinski definition) is 1. The summed E-state index contributed by atoms with van der Waals surface area (Å²) in [7, 11) is -3.62. The lowest BCUT2D eigenvalue weighted by Gasteiger charge is -2.21. The summed E-state index contributed by atoms with van der Waals surface area (Å²) >= 11 is 0. The van der Waals surface area contributed by atoms with E-state index in [4.69, 9.17) is 5.73 Å². The Balaban J connectivity index is 0.00000180. The molecular weight excluding hydrogens is 291 g/mol. The molecule has 0 saturated carbocycles. The first-order valence-electron chi connectivity index (χ1n) is 5.92. The van der Waals surface area contributed by atoms with Crippen molar-refractivity contribution in [1.82, 2.24) is 4.31 Å². The van der Waals surface area contributed by atoms with Gasteiger partial charge in [0.2, 0.25) is 10.0 Å². The van der Waals surface area contributed by atoms with E-state index < -0.39 is 15.8 Å². The third-order valence-corrected chi connectivity index (χ3v) is 5.32. The van der Waals surface area contributed by atoms with Crippen LogP contribution in [0, 0.1) is 11.7 Å². The molecule has 0 amide bonds. The molecule has 0 aromatic heterocycles. The van der Waals surface area contributed by atoms with Gasteiger partial charge in [0.05, 0.1) is 4.90 Å². The first-order valence-corrected chi connectivity index (χ1v) is 7.36. The molecule has 0 spiro atoms. The summed E-state index contributed by atoms with van der Waals surface area (Å²) in [5.74, 6) is -0.360. The SMILES string of the molecule is CC1CC(CN)CN1S(=O)(=O)c1cccc(F)c1.Cl. The normalized spacial score (nSPS) is 24.2. The third kappa shape index (κ3) is 3.25. The van der Waals surface area contributed by atoms with Crippen LogP contribution in [-0.4, -0.2) is 31.9 Å². The first-order chi connectivity index (χ1) is 8.45. The third-order valence-electron chi connectivity index (χ3n) is 3.34. The van der Waals surface area contributed by atoms with Crippen molar-refractivity contribution in [3.05, 3.63) is 30.1 Å². The highest BCUT2D eigenvalue weighted by Gasteiger charge is 2.37. The zero-order valence-corrected chi connectivity index (χ0v) is 12.3. The van der Waals surface area contributed by atoms with Crippen LogP contribution < -0.4 is 5.73 Å². The van der Waals surface area contributed by atoms with Crippen molar-refractivity contribution < 1.29 is 12.8 Å². The fourth-order valence-electron chi connectivity index (χ4n) is 2.38. The molecule has 1 aromatic rings. The molecule has 2 atom stereocenters. The average molecular weight is 309 g/mol. The standard InChI is InChI=1S/C12H17FN2O2S.ClH/c1-9-5-10(7-14)8-15(9)18(16,17)12-4-2-3-11(13)6-12;/h2-4,6,9-10H,5,7-8,14H2,1H3;1H. The Kier molecular flexibility index (Phi) is 5.32. The summed E-state index contributed by atoms with van der Waals surface area (Å²) < 4.78 is 39.3. The highest BCUT2D eigenvalue weighted by atomic mass is 35.5. The second-order valence-corrected chi connectivity index (χ2v) is 6.61. The molecule has 1 aliphatic rings. The van der Waals surface area contributed by atoms with Gasteiger partial charge in [0.1, 0.15) is 5.82 Å². The van der Waals surface area contributed by atoms with E-state index in [0.717, 1.165) is 12.5 Å². The van der Waals surface area contributed by atoms with Gasteiger partial charge < -0.3 is 5.73 Å². The van der Waals surface area contributed by atoms with Gasteiger partial charge in [-0.1, -0.05) is 6.07 Å². The molecule has 0 aliphatic carbocycles. The van der Waals surface area contributed by atoms with Gasteiger partial charge >= 0.3 is 0 Å². The smallest absolute Gasteiger partial charge is 0.243 e. The van der Waals surface area contributed by atoms with Gasteiger partial charge in [-0.2, -0.15) is 4.31 Å². The Morgan fingerprint density at radius 3 is 2.68 bits per heavy atom. The summed E-state index contributed by atoms with van der Waals surface area (Å²) in [5.41, 5.74) is 5.58. The number of halogens is 2. The van der Waals surface area contributed by atoms with Gasteiger partial charge in [0.25, 0.3) is 0 Å². The Morgan fingerprint density at radius 1 is 1.47 bits per heavy atom. The number of nitrogens with two attached hydrogens (primary N) is 1. The molecule has 1 aliphatic heterocycles. The van der Waals surface area contributed by atoms with Crippen LogP contribution in [0.2, 0.25) is 0 Å². The van der Waals surface area contributed by atoms with Crippen molar-refractivity contribution in [1.29, 1.82) is 0 Å². The quantitative estimate of drug-likeness (QED) is 0.922. The lowest BCUT2D eigenvalue weighted by molar-refractivity contribution is 0.404. The Bertz CT molecular complexity index is 538. The summed E-state index contributed by atoms with van der Waals surface area (Å²) in [4.78, 5) is 0.00650. The predicted molar refractivity (Wildman–Crippen MR) is 74.2 cm³/mol. The topological polar surface area (TPSA) is 63.4 Å². The van der Waals surface area contributed by atoms with Crippen molar-refractivity contribution in [3.8, 4) is 0 Å². The summed E-state index contributed by atoms with van der Waals surface area (Å²) in [5, 5.41) is 0. The second kappa shape index (κ2) is 6.17. The number of hydrogen-bond acceptors (Lipinski definition) is 3. The van der Waals surface area contributed by atoms with E-state index in [9.17, 15) is 12.8 Å². The van der Waals surface area contributed by atoms with Crippen LogP contribution >= 0.6 is 12.4 Å². The molecule has 4 nitrogen and oxygen atoms in total. The largest absolute Gasteiger partial charge is 0.330 e. The molecule has 2 rings (SSSR count). The highest BCUT2D eigenvalue weighted by molar-refractivity contribution is 7.89. The molecule has 1 saturated heterocycles. The first kappa shape index (κ1) is 16.4. The van der Waals surface area contributed by atoms with Gasteiger partial charge in [0, 0.05) is 12.6 Å².